The van der Waals surface area contributed by atoms with E-state index in [9.17, 15) is 4.79 Å². The first kappa shape index (κ1) is 12.4. The van der Waals surface area contributed by atoms with E-state index >= 15 is 0 Å². The van der Waals surface area contributed by atoms with E-state index in [0.717, 1.165) is 15.7 Å². The van der Waals surface area contributed by atoms with Crippen LogP contribution in [-0.2, 0) is 4.74 Å². The van der Waals surface area contributed by atoms with E-state index in [0.29, 0.717) is 13.1 Å². The minimum absolute atomic E-state index is 0.324. The first-order valence-corrected chi connectivity index (χ1v) is 6.21. The van der Waals surface area contributed by atoms with Gasteiger partial charge < -0.3 is 10.5 Å². The highest BCUT2D eigenvalue weighted by Gasteiger charge is 2.41. The van der Waals surface area contributed by atoms with Crippen LogP contribution in [0.3, 0.4) is 0 Å². The van der Waals surface area contributed by atoms with Gasteiger partial charge in [-0.1, -0.05) is 15.9 Å². The predicted molar refractivity (Wildman–Crippen MR) is 70.2 cm³/mol. The van der Waals surface area contributed by atoms with Crippen LogP contribution < -0.4 is 10.6 Å². The van der Waals surface area contributed by atoms with Crippen LogP contribution in [0, 0.1) is 6.92 Å². The number of amides is 1. The lowest BCUT2D eigenvalue weighted by Crippen LogP contribution is -2.38. The van der Waals surface area contributed by atoms with E-state index in [1.54, 1.807) is 4.90 Å². The van der Waals surface area contributed by atoms with Gasteiger partial charge in [-0.15, -0.1) is 0 Å². The van der Waals surface area contributed by atoms with Crippen molar-refractivity contribution < 1.29 is 9.53 Å². The minimum atomic E-state index is -0.585. The summed E-state index contributed by atoms with van der Waals surface area (Å²) in [6.45, 7) is 4.64. The fourth-order valence-corrected chi connectivity index (χ4v) is 2.04. The molecule has 5 heteroatoms. The molecule has 92 valence electrons. The molecule has 1 amide bonds. The van der Waals surface area contributed by atoms with Gasteiger partial charge in [0.25, 0.3) is 0 Å². The fraction of sp³-hybridized carbons (Fsp3) is 0.417. The molecule has 1 fully saturated rings. The Balaban J connectivity index is 2.29. The van der Waals surface area contributed by atoms with E-state index < -0.39 is 5.60 Å². The Morgan fingerprint density at radius 2 is 2.29 bits per heavy atom. The molecule has 0 saturated carbocycles. The maximum Gasteiger partial charge on any atom is 0.415 e. The largest absolute Gasteiger partial charge is 0.440 e. The Morgan fingerprint density at radius 3 is 2.82 bits per heavy atom. The van der Waals surface area contributed by atoms with E-state index in [2.05, 4.69) is 15.9 Å². The molecule has 0 radical (unpaired) electrons. The molecule has 2 N–H and O–H groups in total. The van der Waals surface area contributed by atoms with E-state index in [1.165, 1.54) is 0 Å². The maximum atomic E-state index is 11.8. The van der Waals surface area contributed by atoms with Crippen LogP contribution in [0.5, 0.6) is 0 Å². The van der Waals surface area contributed by atoms with Gasteiger partial charge in [-0.2, -0.15) is 0 Å². The van der Waals surface area contributed by atoms with Gasteiger partial charge in [0.1, 0.15) is 5.60 Å². The lowest BCUT2D eigenvalue weighted by Gasteiger charge is -2.19. The number of carbonyl (C=O) groups excluding carboxylic acids is 1. The van der Waals surface area contributed by atoms with Crippen LogP contribution in [0.1, 0.15) is 12.5 Å². The molecule has 0 spiro atoms. The molecule has 1 aromatic rings. The quantitative estimate of drug-likeness (QED) is 0.912. The van der Waals surface area contributed by atoms with Crippen molar-refractivity contribution in [2.24, 2.45) is 5.73 Å². The van der Waals surface area contributed by atoms with Crippen LogP contribution >= 0.6 is 15.9 Å². The summed E-state index contributed by atoms with van der Waals surface area (Å²) in [6, 6.07) is 5.77. The van der Waals surface area contributed by atoms with Crippen LogP contribution in [0.25, 0.3) is 0 Å². The topological polar surface area (TPSA) is 55.6 Å². The Labute approximate surface area is 109 Å². The average molecular weight is 299 g/mol. The van der Waals surface area contributed by atoms with E-state index in [4.69, 9.17) is 10.5 Å². The standard InChI is InChI=1S/C12H15BrN2O2/c1-8-5-9(3-4-10(8)13)15-7-12(2,6-14)17-11(15)16/h3-5H,6-7,14H2,1-2H3. The van der Waals surface area contributed by atoms with Gasteiger partial charge in [-0.05, 0) is 37.6 Å². The molecule has 0 bridgehead atoms. The number of nitrogens with two attached hydrogens (primary N) is 1. The minimum Gasteiger partial charge on any atom is -0.440 e. The van der Waals surface area contributed by atoms with Gasteiger partial charge in [-0.3, -0.25) is 4.90 Å². The zero-order valence-corrected chi connectivity index (χ0v) is 11.5. The van der Waals surface area contributed by atoms with E-state index in [-0.39, 0.29) is 6.09 Å². The molecule has 1 unspecified atom stereocenters. The van der Waals surface area contributed by atoms with Gasteiger partial charge >= 0.3 is 6.09 Å². The Hall–Kier alpha value is -1.07. The second kappa shape index (κ2) is 4.31. The van der Waals surface area contributed by atoms with Gasteiger partial charge in [0.05, 0.1) is 6.54 Å². The van der Waals surface area contributed by atoms with Crippen LogP contribution in [0.2, 0.25) is 0 Å². The fourth-order valence-electron chi connectivity index (χ4n) is 1.80. The Kier molecular flexibility index (Phi) is 3.14. The smallest absolute Gasteiger partial charge is 0.415 e. The summed E-state index contributed by atoms with van der Waals surface area (Å²) in [4.78, 5) is 13.4. The van der Waals surface area contributed by atoms with Crippen molar-refractivity contribution in [2.75, 3.05) is 18.0 Å². The van der Waals surface area contributed by atoms with Gasteiger partial charge in [-0.25, -0.2) is 4.79 Å². The number of ether oxygens (including phenoxy) is 1. The molecular formula is C12H15BrN2O2. The second-order valence-electron chi connectivity index (χ2n) is 4.54. The van der Waals surface area contributed by atoms with Gasteiger partial charge in [0.2, 0.25) is 0 Å². The molecule has 4 nitrogen and oxygen atoms in total. The molecular weight excluding hydrogens is 284 g/mol. The summed E-state index contributed by atoms with van der Waals surface area (Å²) >= 11 is 3.43. The third-order valence-corrected chi connectivity index (χ3v) is 3.82. The number of carbonyl (C=O) groups is 1. The van der Waals surface area contributed by atoms with Gasteiger partial charge in [0.15, 0.2) is 0 Å². The number of anilines is 1. The number of rotatable bonds is 2. The third-order valence-electron chi connectivity index (χ3n) is 2.93. The number of cyclic esters (lactones) is 1. The van der Waals surface area contributed by atoms with Crippen LogP contribution in [-0.4, -0.2) is 24.8 Å². The monoisotopic (exact) mass is 298 g/mol. The number of hydrogen-bond acceptors (Lipinski definition) is 3. The van der Waals surface area contributed by atoms with Crippen molar-refractivity contribution in [1.29, 1.82) is 0 Å². The third kappa shape index (κ3) is 2.30. The maximum absolute atomic E-state index is 11.8. The van der Waals surface area contributed by atoms with Crippen molar-refractivity contribution in [1.82, 2.24) is 0 Å². The molecule has 0 aliphatic carbocycles. The van der Waals surface area contributed by atoms with Crippen LogP contribution in [0.4, 0.5) is 10.5 Å². The molecule has 1 aliphatic rings. The number of hydrogen-bond donors (Lipinski definition) is 1. The summed E-state index contributed by atoms with van der Waals surface area (Å²) < 4.78 is 6.31. The molecule has 1 atom stereocenters. The number of nitrogens with zero attached hydrogens (tertiary/aromatic N) is 1. The summed E-state index contributed by atoms with van der Waals surface area (Å²) in [5, 5.41) is 0. The summed E-state index contributed by atoms with van der Waals surface area (Å²) in [6.07, 6.45) is -0.334. The highest BCUT2D eigenvalue weighted by molar-refractivity contribution is 9.10. The normalized spacial score (nSPS) is 24.0. The molecule has 17 heavy (non-hydrogen) atoms. The average Bonchev–Trinajstić information content (AvgIpc) is 2.59. The zero-order chi connectivity index (χ0) is 12.6. The lowest BCUT2D eigenvalue weighted by atomic mass is 10.1. The van der Waals surface area contributed by atoms with Gasteiger partial charge in [0, 0.05) is 16.7 Å². The molecule has 1 aromatic carbocycles. The number of aryl methyl sites for hydroxylation is 1. The van der Waals surface area contributed by atoms with Crippen LogP contribution in [0.15, 0.2) is 22.7 Å². The lowest BCUT2D eigenvalue weighted by molar-refractivity contribution is 0.0789. The summed E-state index contributed by atoms with van der Waals surface area (Å²) in [7, 11) is 0. The van der Waals surface area contributed by atoms with Crippen molar-refractivity contribution >= 4 is 27.7 Å². The molecule has 0 aromatic heterocycles. The van der Waals surface area contributed by atoms with E-state index in [1.807, 2.05) is 32.0 Å². The van der Waals surface area contributed by atoms with Crippen molar-refractivity contribution in [2.45, 2.75) is 19.4 Å². The molecule has 1 saturated heterocycles. The van der Waals surface area contributed by atoms with Crippen molar-refractivity contribution in [3.05, 3.63) is 28.2 Å². The molecule has 1 heterocycles. The summed E-state index contributed by atoms with van der Waals surface area (Å²) in [5.41, 5.74) is 6.95. The number of benzene rings is 1. The molecule has 2 rings (SSSR count). The summed E-state index contributed by atoms with van der Waals surface area (Å²) in [5.74, 6) is 0. The Morgan fingerprint density at radius 1 is 1.59 bits per heavy atom. The second-order valence-corrected chi connectivity index (χ2v) is 5.40. The highest BCUT2D eigenvalue weighted by atomic mass is 79.9. The highest BCUT2D eigenvalue weighted by Crippen LogP contribution is 2.29. The SMILES string of the molecule is Cc1cc(N2CC(C)(CN)OC2=O)ccc1Br. The number of halogens is 1. The first-order valence-electron chi connectivity index (χ1n) is 5.42. The molecule has 1 aliphatic heterocycles. The predicted octanol–water partition coefficient (Wildman–Crippen LogP) is 2.43. The first-order chi connectivity index (χ1) is 7.95. The Bertz CT molecular complexity index is 464. The van der Waals surface area contributed by atoms with Crippen molar-refractivity contribution in [3.8, 4) is 0 Å². The van der Waals surface area contributed by atoms with Crippen molar-refractivity contribution in [3.63, 3.8) is 0 Å². The zero-order valence-electron chi connectivity index (χ0n) is 9.87.